The van der Waals surface area contributed by atoms with E-state index in [1.165, 1.54) is 96.5 Å². The molecule has 14 atom stereocenters. The molecule has 3 aliphatic heterocycles. The van der Waals surface area contributed by atoms with Crippen LogP contribution in [0.25, 0.3) is 10.9 Å². The van der Waals surface area contributed by atoms with Crippen LogP contribution in [0.4, 0.5) is 4.39 Å². The van der Waals surface area contributed by atoms with Crippen molar-refractivity contribution in [3.05, 3.63) is 167 Å². The Hall–Kier alpha value is -13.0. The van der Waals surface area contributed by atoms with Gasteiger partial charge >= 0.3 is 5.97 Å². The van der Waals surface area contributed by atoms with E-state index in [2.05, 4.69) is 52.8 Å². The first kappa shape index (κ1) is 103. The van der Waals surface area contributed by atoms with Crippen molar-refractivity contribution in [2.75, 3.05) is 52.3 Å². The van der Waals surface area contributed by atoms with Crippen molar-refractivity contribution in [3.8, 4) is 11.5 Å². The number of rotatable bonds is 23. The fourth-order valence-electron chi connectivity index (χ4n) is 16.8. The number of aromatic hydroxyl groups is 2. The van der Waals surface area contributed by atoms with Crippen molar-refractivity contribution in [2.24, 2.45) is 23.5 Å². The molecule has 712 valence electrons. The van der Waals surface area contributed by atoms with Crippen molar-refractivity contribution in [3.63, 3.8) is 0 Å². The Morgan fingerprint density at radius 1 is 0.515 bits per heavy atom. The van der Waals surface area contributed by atoms with Crippen molar-refractivity contribution in [1.29, 1.82) is 0 Å². The number of amides is 15. The van der Waals surface area contributed by atoms with Gasteiger partial charge in [0.25, 0.3) is 0 Å². The maximum absolute atomic E-state index is 15.8. The third-order valence-corrected chi connectivity index (χ3v) is 25.4. The molecule has 3 fully saturated rings. The van der Waals surface area contributed by atoms with Gasteiger partial charge in [-0.15, -0.1) is 11.8 Å². The zero-order chi connectivity index (χ0) is 96.3. The minimum Gasteiger partial charge on any atom is -0.508 e. The number of phenolic OH excluding ortho intramolecular Hbond substituents is 2. The van der Waals surface area contributed by atoms with Crippen LogP contribution in [0.1, 0.15) is 147 Å². The molecule has 0 spiro atoms. The Labute approximate surface area is 771 Å². The Morgan fingerprint density at radius 2 is 1.02 bits per heavy atom. The highest BCUT2D eigenvalue weighted by Gasteiger charge is 2.47. The monoisotopic (exact) mass is 1840 g/mol. The standard InChI is InChI=1S/C95H125FN16O19S/c1-11-13-26-76-94(130)112-42-21-28-75(112)89(125)104-70(49-80(117)118)87(123)107-81(55(5)6)95(131)110(10)82(56(7)12-2)90(126)105-72(46-60-33-39-64(114)40-34-60)92(128)111-41-20-19-27-74(111)88(124)103-69(48-61-50-98-66-25-18-17-24-65(61)66)86(122)102-68(44-59-31-37-63(113)38-32-59)85(121)101-67(43-54(3)4)84(120)106-73(83(119)99-51-78(97)115)52-132-53-79(116)100-71(45-58-29-35-62(96)36-30-58)91(127)109(9)77(93(129)108(76)8)47-57-22-15-14-16-23-57/h14-18,22-25,29-40,50,54-56,67-77,81-82,98,113-114H,11-13,19-21,26-28,41-49,51-53H2,1-10H3,(H2,97,115)(H,99,119)(H,100,116)(H,101,121)(H,102,122)(H,103,124)(H,104,125)(H,105,126)(H,106,120)(H,107,123)(H,117,118)/t56?,67-,68-,69+,70-,71-,72-,73-,74+,75+,76-,77-,81-,82-/m0/s1. The summed E-state index contributed by atoms with van der Waals surface area (Å²) in [5, 5.41) is 56.3. The molecule has 3 aliphatic rings. The molecule has 132 heavy (non-hydrogen) atoms. The predicted octanol–water partition coefficient (Wildman–Crippen LogP) is 3.72. The van der Waals surface area contributed by atoms with Crippen LogP contribution in [0, 0.1) is 23.6 Å². The third-order valence-electron chi connectivity index (χ3n) is 24.3. The largest absolute Gasteiger partial charge is 0.508 e. The van der Waals surface area contributed by atoms with E-state index >= 15 is 47.9 Å². The second-order valence-corrected chi connectivity index (χ2v) is 36.1. The minimum atomic E-state index is -1.89. The summed E-state index contributed by atoms with van der Waals surface area (Å²) in [5.74, 6) is -18.4. The van der Waals surface area contributed by atoms with Crippen LogP contribution in [-0.2, 0) is 109 Å². The molecule has 1 aromatic heterocycles. The molecule has 9 rings (SSSR count). The number of nitrogens with one attached hydrogen (secondary N) is 10. The van der Waals surface area contributed by atoms with Crippen LogP contribution >= 0.6 is 11.8 Å². The van der Waals surface area contributed by atoms with Gasteiger partial charge in [0.2, 0.25) is 88.6 Å². The Balaban J connectivity index is 1.13. The van der Waals surface area contributed by atoms with E-state index in [1.54, 1.807) is 102 Å². The predicted molar refractivity (Wildman–Crippen MR) is 490 cm³/mol. The number of aromatic amines is 1. The second-order valence-electron chi connectivity index (χ2n) is 35.1. The number of nitrogens with zero attached hydrogens (tertiary/aromatic N) is 5. The van der Waals surface area contributed by atoms with Gasteiger partial charge in [-0.2, -0.15) is 0 Å². The normalized spacial score (nSPS) is 24.0. The number of H-pyrrole nitrogens is 1. The lowest BCUT2D eigenvalue weighted by atomic mass is 9.93. The molecule has 1 unspecified atom stereocenters. The number of carboxylic acid groups (broad SMARTS) is 1. The van der Waals surface area contributed by atoms with Crippen LogP contribution in [0.2, 0.25) is 0 Å². The smallest absolute Gasteiger partial charge is 0.305 e. The van der Waals surface area contributed by atoms with Crippen LogP contribution in [0.5, 0.6) is 11.5 Å². The zero-order valence-electron chi connectivity index (χ0n) is 76.3. The van der Waals surface area contributed by atoms with Gasteiger partial charge in [-0.1, -0.05) is 153 Å². The van der Waals surface area contributed by atoms with E-state index in [1.807, 2.05) is 6.92 Å². The van der Waals surface area contributed by atoms with Crippen LogP contribution < -0.4 is 53.6 Å². The topological polar surface area (TPSA) is 500 Å². The fraction of sp³-hybridized carbons (Fsp3) is 0.495. The highest BCUT2D eigenvalue weighted by atomic mass is 32.2. The third kappa shape index (κ3) is 28.5. The average molecular weight is 1850 g/mol. The van der Waals surface area contributed by atoms with Gasteiger partial charge in [-0.05, 0) is 133 Å². The van der Waals surface area contributed by atoms with E-state index in [0.717, 1.165) is 33.7 Å². The number of thioether (sulfide) groups is 1. The summed E-state index contributed by atoms with van der Waals surface area (Å²) >= 11 is 0.795. The van der Waals surface area contributed by atoms with Gasteiger partial charge in [0, 0.05) is 89.2 Å². The highest BCUT2D eigenvalue weighted by Crippen LogP contribution is 2.29. The summed E-state index contributed by atoms with van der Waals surface area (Å²) < 4.78 is 14.6. The first-order chi connectivity index (χ1) is 62.8. The number of carbonyl (C=O) groups is 16. The lowest BCUT2D eigenvalue weighted by molar-refractivity contribution is -0.152. The number of nitrogens with two attached hydrogens (primary N) is 1. The van der Waals surface area contributed by atoms with Crippen molar-refractivity contribution >= 4 is 117 Å². The van der Waals surface area contributed by atoms with E-state index in [-0.39, 0.29) is 101 Å². The molecule has 4 heterocycles. The van der Waals surface area contributed by atoms with Crippen LogP contribution in [0.15, 0.2) is 134 Å². The fourth-order valence-corrected chi connectivity index (χ4v) is 17.7. The molecular weight excluding hydrogens is 1720 g/mol. The summed E-state index contributed by atoms with van der Waals surface area (Å²) in [6, 6.07) is 12.7. The SMILES string of the molecule is CCCC[C@H]1C(=O)N2CCC[C@@H]2C(=O)N[C@@H](CC(=O)O)C(=O)N[C@@H](C(C)C)C(=O)N(C)[C@@H](C(C)CC)C(=O)N[C@@H](Cc2ccc(O)cc2)C(=O)N2CCCC[C@@H]2C(=O)N[C@H](Cc2c[nH]c3ccccc23)C(=O)N[C@@H](Cc2ccc(O)cc2)C(=O)N[C@@H](CC(C)C)C(=O)N[C@H](C(=O)NCC(N)=O)CSCC(=O)N[C@@H](Cc2ccc(F)cc2)C(=O)N(C)[C@@H](Cc2ccccc2)C(=O)N1C. The number of piperidine rings is 1. The number of carboxylic acids is 1. The number of benzene rings is 5. The number of carbonyl (C=O) groups excluding carboxylic acids is 15. The van der Waals surface area contributed by atoms with E-state index in [9.17, 15) is 48.5 Å². The molecule has 15 amide bonds. The number of phenols is 2. The Kier molecular flexibility index (Phi) is 38.0. The number of fused-ring (bicyclic) bond motifs is 3. The molecule has 0 radical (unpaired) electrons. The van der Waals surface area contributed by atoms with Crippen molar-refractivity contribution in [2.45, 2.75) is 230 Å². The number of aromatic nitrogens is 1. The van der Waals surface area contributed by atoms with E-state index in [0.29, 0.717) is 64.4 Å². The molecular formula is C95H125FN16O19S. The first-order valence-corrected chi connectivity index (χ1v) is 46.1. The molecule has 35 nitrogen and oxygen atoms in total. The number of likely N-dealkylation sites (N-methyl/N-ethyl adjacent to an activating group) is 3. The lowest BCUT2D eigenvalue weighted by Gasteiger charge is -2.39. The van der Waals surface area contributed by atoms with Crippen LogP contribution in [0.3, 0.4) is 0 Å². The summed E-state index contributed by atoms with van der Waals surface area (Å²) in [6.07, 6.45) is 1.50. The number of unbranched alkanes of at least 4 members (excludes halogenated alkanes) is 1. The highest BCUT2D eigenvalue weighted by molar-refractivity contribution is 8.00. The number of hydrogen-bond donors (Lipinski definition) is 14. The Morgan fingerprint density at radius 3 is 1.61 bits per heavy atom. The van der Waals surface area contributed by atoms with Crippen molar-refractivity contribution < 1.29 is 96.4 Å². The first-order valence-electron chi connectivity index (χ1n) is 44.9. The molecule has 3 saturated heterocycles. The molecule has 15 N–H and O–H groups in total. The van der Waals surface area contributed by atoms with Gasteiger partial charge in [-0.3, -0.25) is 76.7 Å². The number of aliphatic carboxylic acids is 1. The van der Waals surface area contributed by atoms with E-state index < -0.39 is 215 Å². The number of para-hydroxylation sites is 1. The molecule has 0 saturated carbocycles. The lowest BCUT2D eigenvalue weighted by Crippen LogP contribution is -2.63. The van der Waals surface area contributed by atoms with Crippen molar-refractivity contribution in [1.82, 2.24) is 77.3 Å². The summed E-state index contributed by atoms with van der Waals surface area (Å²) in [4.78, 5) is 248. The molecule has 6 aromatic rings. The summed E-state index contributed by atoms with van der Waals surface area (Å²) in [5.41, 5.74) is 8.43. The van der Waals surface area contributed by atoms with Gasteiger partial charge in [-0.25, -0.2) is 4.39 Å². The molecule has 5 aromatic carbocycles. The number of hydrogen-bond acceptors (Lipinski definition) is 19. The van der Waals surface area contributed by atoms with Gasteiger partial charge in [0.1, 0.15) is 95.9 Å². The summed E-state index contributed by atoms with van der Waals surface area (Å²) in [7, 11) is 4.04. The Bertz CT molecular complexity index is 5060. The van der Waals surface area contributed by atoms with Gasteiger partial charge in [0.15, 0.2) is 0 Å². The molecule has 37 heteroatoms. The second kappa shape index (κ2) is 48.8. The van der Waals surface area contributed by atoms with Crippen LogP contribution in [-0.4, -0.2) is 270 Å². The minimum absolute atomic E-state index is 0.0132. The number of halogens is 1. The number of primary amides is 1. The van der Waals surface area contributed by atoms with Gasteiger partial charge < -0.3 is 98.4 Å². The molecule has 0 bridgehead atoms. The van der Waals surface area contributed by atoms with Gasteiger partial charge in [0.05, 0.1) is 18.7 Å². The maximum Gasteiger partial charge on any atom is 0.305 e. The summed E-state index contributed by atoms with van der Waals surface area (Å²) in [6.45, 7) is 11.2. The average Bonchev–Trinajstić information content (AvgIpc) is 1.40. The molecule has 0 aliphatic carbocycles. The van der Waals surface area contributed by atoms with E-state index in [4.69, 9.17) is 5.73 Å². The quantitative estimate of drug-likeness (QED) is 0.0434. The maximum atomic E-state index is 15.8. The zero-order valence-corrected chi connectivity index (χ0v) is 77.1.